The molecule has 0 fully saturated rings. The summed E-state index contributed by atoms with van der Waals surface area (Å²) in [5, 5.41) is 8.50. The number of carbonyl (C=O) groups is 4. The van der Waals surface area contributed by atoms with E-state index in [2.05, 4.69) is 0 Å². The Hall–Kier alpha value is -2.38. The van der Waals surface area contributed by atoms with Gasteiger partial charge in [0.25, 0.3) is 17.9 Å². The van der Waals surface area contributed by atoms with Crippen molar-refractivity contribution in [3.8, 4) is 0 Å². The van der Waals surface area contributed by atoms with Crippen molar-refractivity contribution < 1.29 is 29.0 Å². The highest BCUT2D eigenvalue weighted by molar-refractivity contribution is 6.05. The highest BCUT2D eigenvalue weighted by atomic mass is 16.6. The van der Waals surface area contributed by atoms with Crippen LogP contribution in [0.4, 0.5) is 0 Å². The molecule has 23 heavy (non-hydrogen) atoms. The summed E-state index contributed by atoms with van der Waals surface area (Å²) in [6.45, 7) is 8.41. The van der Waals surface area contributed by atoms with E-state index in [4.69, 9.17) is 9.84 Å². The Labute approximate surface area is 135 Å². The van der Waals surface area contributed by atoms with Gasteiger partial charge in [-0.3, -0.25) is 9.59 Å². The lowest BCUT2D eigenvalue weighted by Gasteiger charge is -2.28. The van der Waals surface area contributed by atoms with Crippen molar-refractivity contribution in [2.45, 2.75) is 33.8 Å². The number of rotatable bonds is 9. The molecule has 0 aromatic heterocycles. The maximum absolute atomic E-state index is 12.4. The molecule has 0 aliphatic heterocycles. The largest absolute Gasteiger partial charge is 0.478 e. The van der Waals surface area contributed by atoms with Crippen LogP contribution >= 0.6 is 0 Å². The van der Waals surface area contributed by atoms with Crippen molar-refractivity contribution in [1.29, 1.82) is 0 Å². The molecule has 8 heteroatoms. The molecule has 0 saturated heterocycles. The van der Waals surface area contributed by atoms with Crippen molar-refractivity contribution >= 4 is 23.8 Å². The average Bonchev–Trinajstić information content (AvgIpc) is 2.52. The number of carboxylic acid groups (broad SMARTS) is 1. The topological polar surface area (TPSA) is 104 Å². The second-order valence-corrected chi connectivity index (χ2v) is 4.51. The number of likely N-dealkylation sites (N-methyl/N-ethyl adjacent to an activating group) is 2. The molecule has 0 aliphatic carbocycles. The fraction of sp³-hybridized carbons (Fsp3) is 0.600. The Balaban J connectivity index is 5.37. The third kappa shape index (κ3) is 6.50. The van der Waals surface area contributed by atoms with E-state index in [9.17, 15) is 19.2 Å². The minimum Gasteiger partial charge on any atom is -0.478 e. The highest BCUT2D eigenvalue weighted by Gasteiger charge is 2.35. The monoisotopic (exact) mass is 328 g/mol. The number of carboxylic acids is 1. The summed E-state index contributed by atoms with van der Waals surface area (Å²) in [7, 11) is 0. The molecule has 0 aliphatic rings. The van der Waals surface area contributed by atoms with Crippen LogP contribution in [0.25, 0.3) is 0 Å². The normalized spacial score (nSPS) is 10.7. The van der Waals surface area contributed by atoms with Gasteiger partial charge in [-0.05, 0) is 27.7 Å². The molecule has 130 valence electrons. The minimum absolute atomic E-state index is 0.361. The molecule has 0 heterocycles. The number of nitrogens with zero attached hydrogens (tertiary/aromatic N) is 2. The maximum atomic E-state index is 12.4. The second kappa shape index (κ2) is 10.4. The van der Waals surface area contributed by atoms with Gasteiger partial charge >= 0.3 is 11.9 Å². The first-order chi connectivity index (χ1) is 10.8. The van der Waals surface area contributed by atoms with Crippen LogP contribution in [-0.2, 0) is 23.9 Å². The zero-order valence-electron chi connectivity index (χ0n) is 13.9. The van der Waals surface area contributed by atoms with Gasteiger partial charge < -0.3 is 19.6 Å². The molecular weight excluding hydrogens is 304 g/mol. The molecule has 0 bridgehead atoms. The van der Waals surface area contributed by atoms with E-state index in [1.807, 2.05) is 0 Å². The van der Waals surface area contributed by atoms with Gasteiger partial charge in [0.2, 0.25) is 0 Å². The molecule has 1 N–H and O–H groups in total. The van der Waals surface area contributed by atoms with E-state index in [0.29, 0.717) is 38.3 Å². The first kappa shape index (κ1) is 20.6. The van der Waals surface area contributed by atoms with Crippen LogP contribution in [0.15, 0.2) is 12.2 Å². The van der Waals surface area contributed by atoms with E-state index in [-0.39, 0.29) is 0 Å². The molecule has 0 aromatic rings. The zero-order valence-corrected chi connectivity index (χ0v) is 13.9. The van der Waals surface area contributed by atoms with Gasteiger partial charge in [0.1, 0.15) is 0 Å². The van der Waals surface area contributed by atoms with Crippen LogP contribution in [0.3, 0.4) is 0 Å². The lowest BCUT2D eigenvalue weighted by molar-refractivity contribution is -0.166. The molecular formula is C15H24N2O6. The Kier molecular flexibility index (Phi) is 9.29. The predicted octanol–water partition coefficient (Wildman–Crippen LogP) is 0.276. The van der Waals surface area contributed by atoms with Gasteiger partial charge in [-0.15, -0.1) is 0 Å². The summed E-state index contributed by atoms with van der Waals surface area (Å²) in [5.74, 6) is -3.63. The molecule has 0 atom stereocenters. The summed E-state index contributed by atoms with van der Waals surface area (Å²) in [5.41, 5.74) is 0. The Bertz CT molecular complexity index is 443. The van der Waals surface area contributed by atoms with Crippen LogP contribution in [0.5, 0.6) is 0 Å². The van der Waals surface area contributed by atoms with E-state index in [0.717, 1.165) is 0 Å². The van der Waals surface area contributed by atoms with Crippen LogP contribution in [-0.4, -0.2) is 70.9 Å². The first-order valence-electron chi connectivity index (χ1n) is 7.51. The van der Waals surface area contributed by atoms with Crippen molar-refractivity contribution in [3.63, 3.8) is 0 Å². The van der Waals surface area contributed by atoms with Gasteiger partial charge in [-0.1, -0.05) is 0 Å². The number of aliphatic carboxylic acids is 1. The van der Waals surface area contributed by atoms with E-state index in [1.54, 1.807) is 27.7 Å². The summed E-state index contributed by atoms with van der Waals surface area (Å²) in [6, 6.07) is 0. The van der Waals surface area contributed by atoms with Crippen LogP contribution in [0, 0.1) is 0 Å². The van der Waals surface area contributed by atoms with Gasteiger partial charge in [-0.25, -0.2) is 9.59 Å². The SMILES string of the molecule is CCN(CC)C(=O)C(OC(=O)C=CC(=O)O)C(=O)N(CC)CC. The molecule has 0 spiro atoms. The predicted molar refractivity (Wildman–Crippen MR) is 82.5 cm³/mol. The van der Waals surface area contributed by atoms with E-state index >= 15 is 0 Å². The van der Waals surface area contributed by atoms with Crippen molar-refractivity contribution in [2.75, 3.05) is 26.2 Å². The van der Waals surface area contributed by atoms with Crippen LogP contribution in [0.1, 0.15) is 27.7 Å². The highest BCUT2D eigenvalue weighted by Crippen LogP contribution is 2.07. The molecule has 0 saturated carbocycles. The van der Waals surface area contributed by atoms with E-state index < -0.39 is 29.9 Å². The van der Waals surface area contributed by atoms with Crippen molar-refractivity contribution in [1.82, 2.24) is 9.80 Å². The number of ether oxygens (including phenoxy) is 1. The van der Waals surface area contributed by atoms with Gasteiger partial charge in [0.15, 0.2) is 0 Å². The molecule has 0 rings (SSSR count). The standard InChI is InChI=1S/C15H24N2O6/c1-5-16(6-2)14(21)13(15(22)17(7-3)8-4)23-12(20)10-9-11(18)19/h9-10,13H,5-8H2,1-4H3,(H,18,19). The third-order valence-electron chi connectivity index (χ3n) is 3.19. The summed E-state index contributed by atoms with van der Waals surface area (Å²) in [6.07, 6.45) is -0.357. The lowest BCUT2D eigenvalue weighted by atomic mass is 10.2. The van der Waals surface area contributed by atoms with Crippen LogP contribution < -0.4 is 0 Å². The summed E-state index contributed by atoms with van der Waals surface area (Å²) in [4.78, 5) is 49.7. The van der Waals surface area contributed by atoms with Gasteiger partial charge in [0.05, 0.1) is 0 Å². The second-order valence-electron chi connectivity index (χ2n) is 4.51. The van der Waals surface area contributed by atoms with Gasteiger partial charge in [0, 0.05) is 38.3 Å². The number of hydrogen-bond acceptors (Lipinski definition) is 5. The van der Waals surface area contributed by atoms with E-state index in [1.165, 1.54) is 9.80 Å². The molecule has 8 nitrogen and oxygen atoms in total. The number of esters is 1. The maximum Gasteiger partial charge on any atom is 0.332 e. The fourth-order valence-electron chi connectivity index (χ4n) is 1.90. The Morgan fingerprint density at radius 3 is 1.57 bits per heavy atom. The molecule has 0 unspecified atom stereocenters. The minimum atomic E-state index is -1.61. The van der Waals surface area contributed by atoms with Crippen LogP contribution in [0.2, 0.25) is 0 Å². The third-order valence-corrected chi connectivity index (χ3v) is 3.19. The number of amides is 2. The molecule has 0 aromatic carbocycles. The lowest BCUT2D eigenvalue weighted by Crippen LogP contribution is -2.50. The average molecular weight is 328 g/mol. The Morgan fingerprint density at radius 2 is 1.26 bits per heavy atom. The molecule has 0 radical (unpaired) electrons. The quantitative estimate of drug-likeness (QED) is 0.370. The zero-order chi connectivity index (χ0) is 18.0. The fourth-order valence-corrected chi connectivity index (χ4v) is 1.90. The van der Waals surface area contributed by atoms with Gasteiger partial charge in [-0.2, -0.15) is 0 Å². The summed E-state index contributed by atoms with van der Waals surface area (Å²) < 4.78 is 4.92. The first-order valence-corrected chi connectivity index (χ1v) is 7.51. The number of hydrogen-bond donors (Lipinski definition) is 1. The molecule has 2 amide bonds. The van der Waals surface area contributed by atoms with Crippen molar-refractivity contribution in [2.24, 2.45) is 0 Å². The van der Waals surface area contributed by atoms with Crippen molar-refractivity contribution in [3.05, 3.63) is 12.2 Å². The number of carbonyl (C=O) groups excluding carboxylic acids is 3. The smallest absolute Gasteiger partial charge is 0.332 e. The summed E-state index contributed by atoms with van der Waals surface area (Å²) >= 11 is 0. The Morgan fingerprint density at radius 1 is 0.870 bits per heavy atom.